The Morgan fingerprint density at radius 1 is 1.55 bits per heavy atom. The molecule has 1 aliphatic heterocycles. The molecule has 1 aromatic heterocycles. The summed E-state index contributed by atoms with van der Waals surface area (Å²) in [7, 11) is 0. The van der Waals surface area contributed by atoms with Crippen LogP contribution in [-0.4, -0.2) is 56.9 Å². The summed E-state index contributed by atoms with van der Waals surface area (Å²) in [5.41, 5.74) is 0.279. The van der Waals surface area contributed by atoms with Crippen LogP contribution in [-0.2, 0) is 4.74 Å². The maximum Gasteiger partial charge on any atom is 0.195 e. The minimum absolute atomic E-state index is 0.269. The van der Waals surface area contributed by atoms with Gasteiger partial charge in [0.05, 0.1) is 18.9 Å². The first kappa shape index (κ1) is 16.4. The van der Waals surface area contributed by atoms with E-state index in [-0.39, 0.29) is 24.4 Å². The van der Waals surface area contributed by atoms with Gasteiger partial charge < -0.3 is 14.9 Å². The zero-order valence-electron chi connectivity index (χ0n) is 12.6. The fraction of sp³-hybridized carbons (Fsp3) is 0.692. The van der Waals surface area contributed by atoms with E-state index in [1.807, 2.05) is 19.9 Å². The summed E-state index contributed by atoms with van der Waals surface area (Å²) in [6, 6.07) is 2.01. The van der Waals surface area contributed by atoms with E-state index in [4.69, 9.17) is 15.1 Å². The molecule has 0 spiro atoms. The smallest absolute Gasteiger partial charge is 0.195 e. The van der Waals surface area contributed by atoms with Gasteiger partial charge in [0.15, 0.2) is 12.0 Å². The third kappa shape index (κ3) is 3.24. The Bertz CT molecular complexity index is 563. The molecule has 2 rings (SSSR count). The van der Waals surface area contributed by atoms with Crippen LogP contribution in [0.15, 0.2) is 16.5 Å². The number of aliphatic hydroxyl groups is 2. The predicted molar refractivity (Wildman–Crippen MR) is 76.0 cm³/mol. The van der Waals surface area contributed by atoms with E-state index in [1.54, 1.807) is 5.01 Å². The highest BCUT2D eigenvalue weighted by Gasteiger charge is 2.36. The van der Waals surface area contributed by atoms with Crippen molar-refractivity contribution in [3.05, 3.63) is 11.8 Å². The molecule has 120 valence electrons. The van der Waals surface area contributed by atoms with Crippen molar-refractivity contribution in [3.63, 3.8) is 0 Å². The minimum atomic E-state index is -0.780. The minimum Gasteiger partial charge on any atom is -0.394 e. The number of nitrogens with zero attached hydrogens (tertiary/aromatic N) is 6. The van der Waals surface area contributed by atoms with E-state index in [2.05, 4.69) is 15.4 Å². The van der Waals surface area contributed by atoms with Crippen molar-refractivity contribution in [1.29, 1.82) is 5.26 Å². The van der Waals surface area contributed by atoms with Gasteiger partial charge >= 0.3 is 0 Å². The second-order valence-corrected chi connectivity index (χ2v) is 4.88. The average Bonchev–Trinajstić information content (AvgIpc) is 3.11. The summed E-state index contributed by atoms with van der Waals surface area (Å²) in [6.45, 7) is 5.02. The molecule has 0 amide bonds. The molecule has 0 radical (unpaired) electrons. The van der Waals surface area contributed by atoms with Gasteiger partial charge in [-0.25, -0.2) is 4.68 Å². The maximum absolute atomic E-state index is 9.82. The second kappa shape index (κ2) is 7.31. The molecule has 9 nitrogen and oxygen atoms in total. The van der Waals surface area contributed by atoms with E-state index in [0.717, 1.165) is 0 Å². The van der Waals surface area contributed by atoms with Gasteiger partial charge in [-0.2, -0.15) is 10.4 Å². The van der Waals surface area contributed by atoms with Crippen molar-refractivity contribution in [3.8, 4) is 6.07 Å². The number of nitriles is 1. The van der Waals surface area contributed by atoms with E-state index < -0.39 is 18.4 Å². The summed E-state index contributed by atoms with van der Waals surface area (Å²) >= 11 is 0. The molecular formula is C13H20N6O3. The van der Waals surface area contributed by atoms with E-state index in [1.165, 1.54) is 10.9 Å². The lowest BCUT2D eigenvalue weighted by atomic mass is 10.2. The first-order chi connectivity index (χ1) is 10.6. The lowest BCUT2D eigenvalue weighted by Crippen LogP contribution is -2.24. The molecule has 9 heteroatoms. The molecule has 1 aliphatic rings. The van der Waals surface area contributed by atoms with Crippen molar-refractivity contribution in [2.24, 2.45) is 10.3 Å². The molecule has 0 bridgehead atoms. The molecule has 2 N–H and O–H groups in total. The van der Waals surface area contributed by atoms with Crippen LogP contribution in [0.1, 0.15) is 32.1 Å². The Labute approximate surface area is 128 Å². The van der Waals surface area contributed by atoms with E-state index >= 15 is 0 Å². The highest BCUT2D eigenvalue weighted by molar-refractivity contribution is 5.46. The van der Waals surface area contributed by atoms with Crippen molar-refractivity contribution < 1.29 is 14.9 Å². The van der Waals surface area contributed by atoms with Gasteiger partial charge in [-0.1, -0.05) is 5.22 Å². The van der Waals surface area contributed by atoms with Crippen LogP contribution in [0, 0.1) is 11.3 Å². The van der Waals surface area contributed by atoms with E-state index in [9.17, 15) is 5.11 Å². The fourth-order valence-corrected chi connectivity index (χ4v) is 2.23. The van der Waals surface area contributed by atoms with Gasteiger partial charge in [0.25, 0.3) is 0 Å². The van der Waals surface area contributed by atoms with Gasteiger partial charge in [-0.15, -0.1) is 5.11 Å². The van der Waals surface area contributed by atoms with Gasteiger partial charge in [0.1, 0.15) is 17.7 Å². The van der Waals surface area contributed by atoms with Crippen molar-refractivity contribution >= 4 is 5.82 Å². The predicted octanol–water partition coefficient (Wildman–Crippen LogP) is 0.736. The summed E-state index contributed by atoms with van der Waals surface area (Å²) in [4.78, 5) is 0. The fourth-order valence-electron chi connectivity index (χ4n) is 2.23. The molecule has 0 aromatic carbocycles. The van der Waals surface area contributed by atoms with Gasteiger partial charge in [0, 0.05) is 19.5 Å². The topological polar surface area (TPSA) is 119 Å². The number of hydrogen-bond acceptors (Lipinski definition) is 7. The Morgan fingerprint density at radius 3 is 2.82 bits per heavy atom. The summed E-state index contributed by atoms with van der Waals surface area (Å²) in [6.07, 6.45) is -0.367. The Balaban J connectivity index is 2.26. The quantitative estimate of drug-likeness (QED) is 0.591. The molecule has 2 heterocycles. The molecular weight excluding hydrogens is 288 g/mol. The van der Waals surface area contributed by atoms with Crippen LogP contribution in [0.2, 0.25) is 0 Å². The second-order valence-electron chi connectivity index (χ2n) is 4.88. The van der Waals surface area contributed by atoms with Crippen LogP contribution in [0.4, 0.5) is 5.82 Å². The Morgan fingerprint density at radius 2 is 2.27 bits per heavy atom. The molecule has 1 fully saturated rings. The van der Waals surface area contributed by atoms with Crippen molar-refractivity contribution in [2.45, 2.75) is 38.7 Å². The summed E-state index contributed by atoms with van der Waals surface area (Å²) < 4.78 is 6.96. The summed E-state index contributed by atoms with van der Waals surface area (Å²) in [5, 5.41) is 42.1. The molecule has 22 heavy (non-hydrogen) atoms. The Kier molecular flexibility index (Phi) is 5.43. The van der Waals surface area contributed by atoms with Gasteiger partial charge in [-0.3, -0.25) is 5.01 Å². The molecule has 0 aliphatic carbocycles. The zero-order chi connectivity index (χ0) is 16.1. The highest BCUT2D eigenvalue weighted by Crippen LogP contribution is 2.33. The lowest BCUT2D eigenvalue weighted by Gasteiger charge is -2.14. The average molecular weight is 308 g/mol. The van der Waals surface area contributed by atoms with Crippen LogP contribution in [0.25, 0.3) is 0 Å². The standard InChI is InChI=1S/C13H20N6O3/c1-3-18(4-2)17-16-13-9(6-14)7-15-19(13)12-5-10(21)11(8-20)22-12/h7,10-12,20-21H,3-5,8H2,1-2H3/b17-16+/t10-,11+,12+/m0/s1. The maximum atomic E-state index is 9.82. The van der Waals surface area contributed by atoms with Crippen molar-refractivity contribution in [2.75, 3.05) is 19.7 Å². The highest BCUT2D eigenvalue weighted by atomic mass is 16.5. The molecule has 0 unspecified atom stereocenters. The third-order valence-corrected chi connectivity index (χ3v) is 3.54. The zero-order valence-corrected chi connectivity index (χ0v) is 12.6. The number of ether oxygens (including phenoxy) is 1. The number of rotatable bonds is 6. The first-order valence-corrected chi connectivity index (χ1v) is 7.23. The Hall–Kier alpha value is -2.02. The lowest BCUT2D eigenvalue weighted by molar-refractivity contribution is -0.0478. The van der Waals surface area contributed by atoms with Crippen LogP contribution in [0.5, 0.6) is 0 Å². The first-order valence-electron chi connectivity index (χ1n) is 7.23. The SMILES string of the molecule is CCN(CC)/N=N/c1c(C#N)cnn1[C@H]1C[C@H](O)[C@@H](CO)O1. The van der Waals surface area contributed by atoms with Gasteiger partial charge in [0.2, 0.25) is 0 Å². The molecule has 0 saturated carbocycles. The van der Waals surface area contributed by atoms with Crippen LogP contribution in [0.3, 0.4) is 0 Å². The summed E-state index contributed by atoms with van der Waals surface area (Å²) in [5.74, 6) is 0.283. The molecule has 1 saturated heterocycles. The van der Waals surface area contributed by atoms with Crippen LogP contribution >= 0.6 is 0 Å². The number of aliphatic hydroxyl groups excluding tert-OH is 2. The number of aromatic nitrogens is 2. The van der Waals surface area contributed by atoms with Crippen LogP contribution < -0.4 is 0 Å². The van der Waals surface area contributed by atoms with E-state index in [0.29, 0.717) is 13.1 Å². The normalized spacial score (nSPS) is 24.8. The third-order valence-electron chi connectivity index (χ3n) is 3.54. The molecule has 1 aromatic rings. The molecule has 3 atom stereocenters. The number of hydrogen-bond donors (Lipinski definition) is 2. The van der Waals surface area contributed by atoms with Crippen molar-refractivity contribution in [1.82, 2.24) is 14.8 Å². The monoisotopic (exact) mass is 308 g/mol. The largest absolute Gasteiger partial charge is 0.394 e. The van der Waals surface area contributed by atoms with Gasteiger partial charge in [-0.05, 0) is 13.8 Å².